The number of fused-ring (bicyclic) bond motifs is 1. The molecule has 0 aliphatic rings. The summed E-state index contributed by atoms with van der Waals surface area (Å²) in [5.74, 6) is 0.155. The molecule has 2 N–H and O–H groups in total. The fourth-order valence-corrected chi connectivity index (χ4v) is 2.73. The average Bonchev–Trinajstić information content (AvgIpc) is 2.54. The lowest BCUT2D eigenvalue weighted by Gasteiger charge is -2.22. The van der Waals surface area contributed by atoms with E-state index in [1.807, 2.05) is 12.1 Å². The van der Waals surface area contributed by atoms with Crippen LogP contribution in [-0.4, -0.2) is 48.0 Å². The number of benzene rings is 2. The second-order valence-corrected chi connectivity index (χ2v) is 5.43. The first-order valence-corrected chi connectivity index (χ1v) is 7.71. The van der Waals surface area contributed by atoms with E-state index in [1.165, 1.54) is 16.3 Å². The van der Waals surface area contributed by atoms with Crippen LogP contribution in [0, 0.1) is 0 Å². The fraction of sp³-hybridized carbons (Fsp3) is 0.444. The highest BCUT2D eigenvalue weighted by Gasteiger charge is 2.13. The number of likely N-dealkylation sites (N-methyl/N-ethyl adjacent to an activating group) is 1. The van der Waals surface area contributed by atoms with Crippen LogP contribution >= 0.6 is 0 Å². The van der Waals surface area contributed by atoms with Gasteiger partial charge >= 0.3 is 0 Å². The maximum atomic E-state index is 9.70. The van der Waals surface area contributed by atoms with Crippen LogP contribution in [0.3, 0.4) is 0 Å². The molecule has 0 aromatic heterocycles. The normalized spacial score (nSPS) is 13.0. The molecule has 0 bridgehead atoms. The molecule has 0 spiro atoms. The molecule has 2 aromatic carbocycles. The second kappa shape index (κ2) is 8.13. The molecule has 0 aliphatic carbocycles. The molecular formula is C18H25NO2. The topological polar surface area (TPSA) is 43.7 Å². The van der Waals surface area contributed by atoms with Gasteiger partial charge < -0.3 is 15.1 Å². The van der Waals surface area contributed by atoms with Crippen LogP contribution in [-0.2, 0) is 0 Å². The summed E-state index contributed by atoms with van der Waals surface area (Å²) >= 11 is 0. The molecule has 21 heavy (non-hydrogen) atoms. The zero-order valence-corrected chi connectivity index (χ0v) is 12.7. The van der Waals surface area contributed by atoms with Crippen LogP contribution in [0.15, 0.2) is 42.5 Å². The van der Waals surface area contributed by atoms with Gasteiger partial charge in [-0.25, -0.2) is 0 Å². The minimum absolute atomic E-state index is 0.155. The van der Waals surface area contributed by atoms with Gasteiger partial charge in [0.05, 0.1) is 6.61 Å². The van der Waals surface area contributed by atoms with Gasteiger partial charge in [-0.3, -0.25) is 0 Å². The standard InChI is InChI=1S/C18H25NO2/c1-2-19(11-12-20)10-9-18(14-21)17-8-7-15-5-3-4-6-16(15)13-17/h3-8,13,18,20-21H,2,9-12,14H2,1H3. The molecule has 0 aliphatic heterocycles. The molecule has 0 saturated carbocycles. The van der Waals surface area contributed by atoms with E-state index in [9.17, 15) is 5.11 Å². The summed E-state index contributed by atoms with van der Waals surface area (Å²) in [7, 11) is 0. The summed E-state index contributed by atoms with van der Waals surface area (Å²) in [5, 5.41) is 21.2. The highest BCUT2D eigenvalue weighted by Crippen LogP contribution is 2.24. The van der Waals surface area contributed by atoms with Crippen molar-refractivity contribution < 1.29 is 10.2 Å². The Labute approximate surface area is 126 Å². The molecule has 2 aromatic rings. The average molecular weight is 287 g/mol. The van der Waals surface area contributed by atoms with Gasteiger partial charge in [-0.05, 0) is 35.8 Å². The predicted octanol–water partition coefficient (Wildman–Crippen LogP) is 2.62. The molecule has 0 amide bonds. The number of hydrogen-bond acceptors (Lipinski definition) is 3. The van der Waals surface area contributed by atoms with Crippen LogP contribution in [0.2, 0.25) is 0 Å². The van der Waals surface area contributed by atoms with E-state index < -0.39 is 0 Å². The van der Waals surface area contributed by atoms with Crippen molar-refractivity contribution in [3.63, 3.8) is 0 Å². The Morgan fingerprint density at radius 3 is 2.43 bits per heavy atom. The third kappa shape index (κ3) is 4.27. The molecule has 0 fully saturated rings. The quantitative estimate of drug-likeness (QED) is 0.784. The SMILES string of the molecule is CCN(CCO)CCC(CO)c1ccc2ccccc2c1. The maximum absolute atomic E-state index is 9.70. The van der Waals surface area contributed by atoms with Crippen molar-refractivity contribution in [2.24, 2.45) is 0 Å². The molecular weight excluding hydrogens is 262 g/mol. The van der Waals surface area contributed by atoms with Gasteiger partial charge in [0.25, 0.3) is 0 Å². The third-order valence-electron chi connectivity index (χ3n) is 4.12. The number of hydrogen-bond donors (Lipinski definition) is 2. The highest BCUT2D eigenvalue weighted by atomic mass is 16.3. The number of aliphatic hydroxyl groups excluding tert-OH is 2. The molecule has 2 rings (SSSR count). The van der Waals surface area contributed by atoms with Gasteiger partial charge in [0.1, 0.15) is 0 Å². The van der Waals surface area contributed by atoms with Crippen molar-refractivity contribution >= 4 is 10.8 Å². The molecule has 1 atom stereocenters. The lowest BCUT2D eigenvalue weighted by molar-refractivity contribution is 0.187. The van der Waals surface area contributed by atoms with Crippen molar-refractivity contribution in [2.45, 2.75) is 19.3 Å². The minimum atomic E-state index is 0.155. The second-order valence-electron chi connectivity index (χ2n) is 5.43. The minimum Gasteiger partial charge on any atom is -0.396 e. The summed E-state index contributed by atoms with van der Waals surface area (Å²) in [6.07, 6.45) is 0.905. The van der Waals surface area contributed by atoms with Crippen molar-refractivity contribution in [1.82, 2.24) is 4.90 Å². The predicted molar refractivity (Wildman–Crippen MR) is 87.6 cm³/mol. The maximum Gasteiger partial charge on any atom is 0.0558 e. The smallest absolute Gasteiger partial charge is 0.0558 e. The number of nitrogens with zero attached hydrogens (tertiary/aromatic N) is 1. The van der Waals surface area contributed by atoms with Crippen LogP contribution < -0.4 is 0 Å². The summed E-state index contributed by atoms with van der Waals surface area (Å²) in [6.45, 7) is 4.97. The van der Waals surface area contributed by atoms with Crippen LogP contribution in [0.5, 0.6) is 0 Å². The van der Waals surface area contributed by atoms with Crippen molar-refractivity contribution in [3.05, 3.63) is 48.0 Å². The largest absolute Gasteiger partial charge is 0.396 e. The fourth-order valence-electron chi connectivity index (χ4n) is 2.73. The Hall–Kier alpha value is -1.42. The first kappa shape index (κ1) is 16.0. The van der Waals surface area contributed by atoms with Gasteiger partial charge in [-0.1, -0.05) is 49.4 Å². The monoisotopic (exact) mass is 287 g/mol. The number of rotatable bonds is 8. The Kier molecular flexibility index (Phi) is 6.18. The zero-order valence-electron chi connectivity index (χ0n) is 12.7. The van der Waals surface area contributed by atoms with Gasteiger partial charge in [0, 0.05) is 19.1 Å². The van der Waals surface area contributed by atoms with E-state index >= 15 is 0 Å². The van der Waals surface area contributed by atoms with E-state index in [2.05, 4.69) is 42.2 Å². The molecule has 0 saturated heterocycles. The Morgan fingerprint density at radius 2 is 1.76 bits per heavy atom. The Bertz CT molecular complexity index is 556. The lowest BCUT2D eigenvalue weighted by Crippen LogP contribution is -2.29. The number of aliphatic hydroxyl groups is 2. The molecule has 0 radical (unpaired) electrons. The zero-order chi connectivity index (χ0) is 15.1. The first-order valence-electron chi connectivity index (χ1n) is 7.71. The Balaban J connectivity index is 2.08. The summed E-state index contributed by atoms with van der Waals surface area (Å²) in [5.41, 5.74) is 1.19. The lowest BCUT2D eigenvalue weighted by atomic mass is 9.94. The summed E-state index contributed by atoms with van der Waals surface area (Å²) in [6, 6.07) is 14.7. The van der Waals surface area contributed by atoms with Gasteiger partial charge in [0.2, 0.25) is 0 Å². The Morgan fingerprint density at radius 1 is 1.00 bits per heavy atom. The van der Waals surface area contributed by atoms with Crippen LogP contribution in [0.25, 0.3) is 10.8 Å². The van der Waals surface area contributed by atoms with E-state index in [-0.39, 0.29) is 19.1 Å². The van der Waals surface area contributed by atoms with Crippen LogP contribution in [0.1, 0.15) is 24.8 Å². The van der Waals surface area contributed by atoms with Crippen molar-refractivity contribution in [2.75, 3.05) is 32.8 Å². The van der Waals surface area contributed by atoms with E-state index in [1.54, 1.807) is 0 Å². The van der Waals surface area contributed by atoms with Crippen LogP contribution in [0.4, 0.5) is 0 Å². The van der Waals surface area contributed by atoms with Crippen molar-refractivity contribution in [1.29, 1.82) is 0 Å². The van der Waals surface area contributed by atoms with Gasteiger partial charge in [0.15, 0.2) is 0 Å². The van der Waals surface area contributed by atoms with Crippen molar-refractivity contribution in [3.8, 4) is 0 Å². The molecule has 3 heteroatoms. The molecule has 1 unspecified atom stereocenters. The molecule has 3 nitrogen and oxygen atoms in total. The van der Waals surface area contributed by atoms with E-state index in [4.69, 9.17) is 5.11 Å². The third-order valence-corrected chi connectivity index (χ3v) is 4.12. The highest BCUT2D eigenvalue weighted by molar-refractivity contribution is 5.83. The summed E-state index contributed by atoms with van der Waals surface area (Å²) in [4.78, 5) is 2.21. The van der Waals surface area contributed by atoms with Gasteiger partial charge in [-0.15, -0.1) is 0 Å². The first-order chi connectivity index (χ1) is 10.3. The summed E-state index contributed by atoms with van der Waals surface area (Å²) < 4.78 is 0. The van der Waals surface area contributed by atoms with Gasteiger partial charge in [-0.2, -0.15) is 0 Å². The van der Waals surface area contributed by atoms with E-state index in [0.29, 0.717) is 6.54 Å². The molecule has 114 valence electrons. The molecule has 0 heterocycles. The van der Waals surface area contributed by atoms with E-state index in [0.717, 1.165) is 19.5 Å².